The van der Waals surface area contributed by atoms with Gasteiger partial charge in [-0.15, -0.1) is 0 Å². The number of carboxylic acids is 1. The minimum absolute atomic E-state index is 0.0719. The molecule has 0 saturated heterocycles. The molecule has 10 nitrogen and oxygen atoms in total. The molecule has 4 atom stereocenters. The van der Waals surface area contributed by atoms with Gasteiger partial charge in [0.2, 0.25) is 17.7 Å². The summed E-state index contributed by atoms with van der Waals surface area (Å²) in [6.45, 7) is 2.58. The predicted octanol–water partition coefficient (Wildman–Crippen LogP) is -0.0136. The van der Waals surface area contributed by atoms with Gasteiger partial charge in [0.05, 0.1) is 12.6 Å². The summed E-state index contributed by atoms with van der Waals surface area (Å²) in [5.41, 5.74) is 7.53. The molecule has 0 saturated carbocycles. The second-order valence-corrected chi connectivity index (χ2v) is 8.86. The van der Waals surface area contributed by atoms with Crippen LogP contribution in [0.5, 0.6) is 0 Å². The topological polar surface area (TPSA) is 171 Å². The standard InChI is InChI=1S/C26H34N4O6/c1-16(2)22(26(35)36)30-24(33)20(14-18-11-7-4-8-12-18)28-25(34)21(15-31)29-23(32)19(27)13-17-9-5-3-6-10-17/h3-12,16,19-22,31H,13-15,27H2,1-2H3,(H,28,34)(H,29,32)(H,30,33)(H,35,36). The van der Waals surface area contributed by atoms with Gasteiger partial charge in [0.1, 0.15) is 18.1 Å². The smallest absolute Gasteiger partial charge is 0.326 e. The Balaban J connectivity index is 2.11. The van der Waals surface area contributed by atoms with Crippen molar-refractivity contribution in [3.63, 3.8) is 0 Å². The van der Waals surface area contributed by atoms with Gasteiger partial charge >= 0.3 is 5.97 Å². The lowest BCUT2D eigenvalue weighted by Crippen LogP contribution is -2.59. The normalized spacial score (nSPS) is 14.2. The molecule has 2 rings (SSSR count). The van der Waals surface area contributed by atoms with E-state index in [1.54, 1.807) is 44.2 Å². The number of rotatable bonds is 13. The third-order valence-electron chi connectivity index (χ3n) is 5.60. The number of hydrogen-bond donors (Lipinski definition) is 6. The average Bonchev–Trinajstić information content (AvgIpc) is 2.85. The molecule has 0 spiro atoms. The number of benzene rings is 2. The van der Waals surface area contributed by atoms with Gasteiger partial charge in [0.15, 0.2) is 0 Å². The van der Waals surface area contributed by atoms with Crippen molar-refractivity contribution in [2.75, 3.05) is 6.61 Å². The summed E-state index contributed by atoms with van der Waals surface area (Å²) in [6.07, 6.45) is 0.305. The molecule has 0 aromatic heterocycles. The van der Waals surface area contributed by atoms with Gasteiger partial charge in [-0.2, -0.15) is 0 Å². The first kappa shape index (κ1) is 28.5. The van der Waals surface area contributed by atoms with Crippen LogP contribution in [0.4, 0.5) is 0 Å². The Morgan fingerprint density at radius 2 is 1.22 bits per heavy atom. The third kappa shape index (κ3) is 8.79. The van der Waals surface area contributed by atoms with Crippen LogP contribution in [-0.4, -0.2) is 64.7 Å². The van der Waals surface area contributed by atoms with Crippen molar-refractivity contribution in [1.82, 2.24) is 16.0 Å². The number of hydrogen-bond acceptors (Lipinski definition) is 6. The number of carboxylic acid groups (broad SMARTS) is 1. The second-order valence-electron chi connectivity index (χ2n) is 8.86. The number of aliphatic hydroxyl groups excluding tert-OH is 1. The van der Waals surface area contributed by atoms with E-state index in [4.69, 9.17) is 5.73 Å². The minimum Gasteiger partial charge on any atom is -0.480 e. The molecule has 0 aliphatic carbocycles. The first-order valence-electron chi connectivity index (χ1n) is 11.7. The van der Waals surface area contributed by atoms with Crippen molar-refractivity contribution in [3.05, 3.63) is 71.8 Å². The van der Waals surface area contributed by atoms with Crippen LogP contribution in [0.25, 0.3) is 0 Å². The second kappa shape index (κ2) is 14.0. The van der Waals surface area contributed by atoms with Gasteiger partial charge in [-0.1, -0.05) is 74.5 Å². The van der Waals surface area contributed by atoms with E-state index in [1.807, 2.05) is 30.3 Å². The zero-order valence-corrected chi connectivity index (χ0v) is 20.4. The lowest BCUT2D eigenvalue weighted by Gasteiger charge is -2.25. The van der Waals surface area contributed by atoms with Crippen LogP contribution in [0.2, 0.25) is 0 Å². The van der Waals surface area contributed by atoms with Crippen LogP contribution in [0, 0.1) is 5.92 Å². The summed E-state index contributed by atoms with van der Waals surface area (Å²) < 4.78 is 0. The average molecular weight is 499 g/mol. The molecule has 7 N–H and O–H groups in total. The fourth-order valence-corrected chi connectivity index (χ4v) is 3.53. The highest BCUT2D eigenvalue weighted by Gasteiger charge is 2.31. The maximum Gasteiger partial charge on any atom is 0.326 e. The third-order valence-corrected chi connectivity index (χ3v) is 5.60. The van der Waals surface area contributed by atoms with Crippen LogP contribution in [0.15, 0.2) is 60.7 Å². The van der Waals surface area contributed by atoms with Gasteiger partial charge in [-0.3, -0.25) is 14.4 Å². The zero-order valence-electron chi connectivity index (χ0n) is 20.4. The lowest BCUT2D eigenvalue weighted by molar-refractivity contribution is -0.143. The van der Waals surface area contributed by atoms with E-state index in [0.29, 0.717) is 0 Å². The predicted molar refractivity (Wildman–Crippen MR) is 134 cm³/mol. The number of nitrogens with one attached hydrogen (secondary N) is 3. The van der Waals surface area contributed by atoms with E-state index in [0.717, 1.165) is 11.1 Å². The van der Waals surface area contributed by atoms with Crippen molar-refractivity contribution >= 4 is 23.7 Å². The molecule has 2 aromatic carbocycles. The molecule has 0 heterocycles. The Kier molecular flexibility index (Phi) is 11.0. The number of nitrogens with two attached hydrogens (primary N) is 1. The van der Waals surface area contributed by atoms with Crippen molar-refractivity contribution in [3.8, 4) is 0 Å². The molecule has 0 aliphatic rings. The Labute approximate surface area is 210 Å². The number of aliphatic hydroxyl groups is 1. The van der Waals surface area contributed by atoms with Crippen LogP contribution in [-0.2, 0) is 32.0 Å². The number of carbonyl (C=O) groups is 4. The number of carbonyl (C=O) groups excluding carboxylic acids is 3. The fraction of sp³-hybridized carbons (Fsp3) is 0.385. The van der Waals surface area contributed by atoms with Gasteiger partial charge in [-0.25, -0.2) is 4.79 Å². The van der Waals surface area contributed by atoms with Gasteiger partial charge < -0.3 is 31.9 Å². The molecular formula is C26H34N4O6. The fourth-order valence-electron chi connectivity index (χ4n) is 3.53. The Morgan fingerprint density at radius 1 is 0.750 bits per heavy atom. The van der Waals surface area contributed by atoms with Crippen molar-refractivity contribution in [2.45, 2.75) is 50.9 Å². The molecule has 3 amide bonds. The molecular weight excluding hydrogens is 464 g/mol. The van der Waals surface area contributed by atoms with Crippen LogP contribution in [0.3, 0.4) is 0 Å². The number of aliphatic carboxylic acids is 1. The summed E-state index contributed by atoms with van der Waals surface area (Å²) in [7, 11) is 0. The van der Waals surface area contributed by atoms with Crippen molar-refractivity contribution in [2.24, 2.45) is 11.7 Å². The van der Waals surface area contributed by atoms with Gasteiger partial charge in [-0.05, 0) is 23.5 Å². The van der Waals surface area contributed by atoms with Crippen LogP contribution < -0.4 is 21.7 Å². The summed E-state index contributed by atoms with van der Waals surface area (Å²) in [6, 6.07) is 13.3. The van der Waals surface area contributed by atoms with Crippen molar-refractivity contribution < 1.29 is 29.4 Å². The maximum atomic E-state index is 13.0. The SMILES string of the molecule is CC(C)C(NC(=O)C(Cc1ccccc1)NC(=O)C(CO)NC(=O)C(N)Cc1ccccc1)C(=O)O. The highest BCUT2D eigenvalue weighted by Crippen LogP contribution is 2.07. The molecule has 0 fully saturated rings. The van der Waals surface area contributed by atoms with E-state index in [9.17, 15) is 29.4 Å². The summed E-state index contributed by atoms with van der Waals surface area (Å²) in [5.74, 6) is -3.73. The van der Waals surface area contributed by atoms with E-state index in [-0.39, 0.29) is 12.8 Å². The van der Waals surface area contributed by atoms with E-state index < -0.39 is 60.4 Å². The molecule has 0 aliphatic heterocycles. The van der Waals surface area contributed by atoms with Gasteiger partial charge in [0, 0.05) is 6.42 Å². The summed E-state index contributed by atoms with van der Waals surface area (Å²) in [5, 5.41) is 26.6. The Hall–Kier alpha value is -3.76. The van der Waals surface area contributed by atoms with Crippen molar-refractivity contribution in [1.29, 1.82) is 0 Å². The molecule has 0 bridgehead atoms. The first-order chi connectivity index (χ1) is 17.1. The monoisotopic (exact) mass is 498 g/mol. The van der Waals surface area contributed by atoms with E-state index in [1.165, 1.54) is 0 Å². The lowest BCUT2D eigenvalue weighted by atomic mass is 10.0. The molecule has 4 unspecified atom stereocenters. The zero-order chi connectivity index (χ0) is 26.7. The first-order valence-corrected chi connectivity index (χ1v) is 11.7. The minimum atomic E-state index is -1.36. The van der Waals surface area contributed by atoms with Gasteiger partial charge in [0.25, 0.3) is 0 Å². The molecule has 2 aromatic rings. The van der Waals surface area contributed by atoms with E-state index >= 15 is 0 Å². The molecule has 10 heteroatoms. The largest absolute Gasteiger partial charge is 0.480 e. The Morgan fingerprint density at radius 3 is 1.69 bits per heavy atom. The van der Waals surface area contributed by atoms with Crippen LogP contribution >= 0.6 is 0 Å². The quantitative estimate of drug-likeness (QED) is 0.225. The van der Waals surface area contributed by atoms with Crippen LogP contribution in [0.1, 0.15) is 25.0 Å². The summed E-state index contributed by atoms with van der Waals surface area (Å²) >= 11 is 0. The highest BCUT2D eigenvalue weighted by atomic mass is 16.4. The summed E-state index contributed by atoms with van der Waals surface area (Å²) in [4.78, 5) is 50.0. The molecule has 194 valence electrons. The maximum absolute atomic E-state index is 13.0. The molecule has 0 radical (unpaired) electrons. The molecule has 36 heavy (non-hydrogen) atoms. The Bertz CT molecular complexity index is 1020. The highest BCUT2D eigenvalue weighted by molar-refractivity contribution is 5.94. The van der Waals surface area contributed by atoms with E-state index in [2.05, 4.69) is 16.0 Å². The number of amides is 3.